The topological polar surface area (TPSA) is 93.1 Å². The second kappa shape index (κ2) is 9.05. The van der Waals surface area contributed by atoms with E-state index in [0.717, 1.165) is 16.0 Å². The Hall–Kier alpha value is -3.30. The zero-order valence-electron chi connectivity index (χ0n) is 17.8. The van der Waals surface area contributed by atoms with Crippen LogP contribution in [-0.4, -0.2) is 21.4 Å². The second-order valence-electron chi connectivity index (χ2n) is 7.71. The number of rotatable bonds is 6. The normalized spacial score (nSPS) is 11.1. The third-order valence-corrected chi connectivity index (χ3v) is 6.75. The molecule has 3 aromatic heterocycles. The summed E-state index contributed by atoms with van der Waals surface area (Å²) >= 11 is 2.97. The van der Waals surface area contributed by atoms with Gasteiger partial charge in [-0.05, 0) is 36.1 Å². The van der Waals surface area contributed by atoms with E-state index in [0.29, 0.717) is 21.6 Å². The molecule has 0 unspecified atom stereocenters. The number of benzene rings is 1. The van der Waals surface area contributed by atoms with Gasteiger partial charge >= 0.3 is 0 Å². The number of carbonyl (C=O) groups excluding carboxylic acids is 2. The van der Waals surface area contributed by atoms with Crippen LogP contribution in [0.25, 0.3) is 20.7 Å². The fourth-order valence-corrected chi connectivity index (χ4v) is 4.88. The number of carbonyl (C=O) groups is 2. The molecule has 2 N–H and O–H groups in total. The highest BCUT2D eigenvalue weighted by molar-refractivity contribution is 7.18. The fourth-order valence-electron chi connectivity index (χ4n) is 3.16. The Morgan fingerprint density at radius 2 is 1.97 bits per heavy atom. The molecule has 32 heavy (non-hydrogen) atoms. The summed E-state index contributed by atoms with van der Waals surface area (Å²) in [6, 6.07) is 9.22. The maximum atomic E-state index is 13.1. The molecule has 0 saturated carbocycles. The molecule has 0 aliphatic heterocycles. The van der Waals surface area contributed by atoms with Crippen molar-refractivity contribution in [3.63, 3.8) is 0 Å². The Morgan fingerprint density at radius 1 is 1.16 bits per heavy atom. The fraction of sp³-hybridized carbons (Fsp3) is 0.217. The third-order valence-electron chi connectivity index (χ3n) is 4.96. The smallest absolute Gasteiger partial charge is 0.263 e. The molecule has 0 atom stereocenters. The molecule has 4 rings (SSSR count). The van der Waals surface area contributed by atoms with Crippen molar-refractivity contribution in [2.75, 3.05) is 10.6 Å². The van der Waals surface area contributed by atoms with Crippen molar-refractivity contribution in [2.45, 2.75) is 27.3 Å². The van der Waals surface area contributed by atoms with Crippen LogP contribution in [0.3, 0.4) is 0 Å². The lowest BCUT2D eigenvalue weighted by Gasteiger charge is -2.13. The van der Waals surface area contributed by atoms with Crippen LogP contribution in [0, 0.1) is 12.8 Å². The van der Waals surface area contributed by atoms with Crippen molar-refractivity contribution in [3.05, 3.63) is 63.3 Å². The van der Waals surface area contributed by atoms with Crippen molar-refractivity contribution in [3.8, 4) is 10.4 Å². The molecule has 0 saturated heterocycles. The quantitative estimate of drug-likeness (QED) is 0.430. The van der Waals surface area contributed by atoms with Crippen LogP contribution in [0.4, 0.5) is 11.4 Å². The summed E-state index contributed by atoms with van der Waals surface area (Å²) in [6.07, 6.45) is 1.41. The van der Waals surface area contributed by atoms with Crippen LogP contribution in [0.2, 0.25) is 0 Å². The average Bonchev–Trinajstić information content (AvgIpc) is 3.42. The van der Waals surface area contributed by atoms with Gasteiger partial charge in [-0.2, -0.15) is 0 Å². The molecule has 1 aromatic carbocycles. The third kappa shape index (κ3) is 4.49. The SMILES string of the molecule is Cc1ccc(NC(=O)C(C)C)cc1NC(=O)Cn1cnc2scc(-c3cccs3)c2c1=O. The molecule has 0 aliphatic carbocycles. The van der Waals surface area contributed by atoms with Gasteiger partial charge in [0.25, 0.3) is 5.56 Å². The number of hydrogen-bond donors (Lipinski definition) is 2. The number of nitrogens with zero attached hydrogens (tertiary/aromatic N) is 2. The molecular formula is C23H22N4O3S2. The molecule has 0 radical (unpaired) electrons. The summed E-state index contributed by atoms with van der Waals surface area (Å²) in [6.45, 7) is 5.32. The summed E-state index contributed by atoms with van der Waals surface area (Å²) in [5.74, 6) is -0.606. The van der Waals surface area contributed by atoms with Crippen molar-refractivity contribution >= 4 is 56.1 Å². The molecular weight excluding hydrogens is 444 g/mol. The Morgan fingerprint density at radius 3 is 2.69 bits per heavy atom. The van der Waals surface area contributed by atoms with E-state index < -0.39 is 0 Å². The monoisotopic (exact) mass is 466 g/mol. The van der Waals surface area contributed by atoms with E-state index in [4.69, 9.17) is 0 Å². The van der Waals surface area contributed by atoms with Gasteiger partial charge in [0, 0.05) is 33.1 Å². The van der Waals surface area contributed by atoms with E-state index in [2.05, 4.69) is 15.6 Å². The minimum absolute atomic E-state index is 0.102. The highest BCUT2D eigenvalue weighted by atomic mass is 32.1. The van der Waals surface area contributed by atoms with E-state index in [1.54, 1.807) is 23.5 Å². The van der Waals surface area contributed by atoms with Gasteiger partial charge in [-0.3, -0.25) is 19.0 Å². The van der Waals surface area contributed by atoms with E-state index in [1.807, 2.05) is 49.7 Å². The van der Waals surface area contributed by atoms with Crippen molar-refractivity contribution < 1.29 is 9.59 Å². The lowest BCUT2D eigenvalue weighted by atomic mass is 10.1. The molecule has 0 spiro atoms. The minimum Gasteiger partial charge on any atom is -0.326 e. The summed E-state index contributed by atoms with van der Waals surface area (Å²) < 4.78 is 1.32. The van der Waals surface area contributed by atoms with Crippen LogP contribution in [0.5, 0.6) is 0 Å². The molecule has 2 amide bonds. The molecule has 9 heteroatoms. The number of anilines is 2. The van der Waals surface area contributed by atoms with Gasteiger partial charge in [0.2, 0.25) is 11.8 Å². The maximum Gasteiger partial charge on any atom is 0.263 e. The summed E-state index contributed by atoms with van der Waals surface area (Å²) in [7, 11) is 0. The van der Waals surface area contributed by atoms with Crippen molar-refractivity contribution in [1.29, 1.82) is 0 Å². The minimum atomic E-state index is -0.350. The summed E-state index contributed by atoms with van der Waals surface area (Å²) in [5.41, 5.74) is 2.62. The molecule has 164 valence electrons. The Kier molecular flexibility index (Phi) is 6.20. The van der Waals surface area contributed by atoms with E-state index >= 15 is 0 Å². The van der Waals surface area contributed by atoms with Gasteiger partial charge in [-0.1, -0.05) is 26.0 Å². The largest absolute Gasteiger partial charge is 0.326 e. The second-order valence-corrected chi connectivity index (χ2v) is 9.51. The van der Waals surface area contributed by atoms with Crippen LogP contribution in [-0.2, 0) is 16.1 Å². The van der Waals surface area contributed by atoms with E-state index in [-0.39, 0.29) is 29.8 Å². The first-order valence-electron chi connectivity index (χ1n) is 10.1. The van der Waals surface area contributed by atoms with Crippen molar-refractivity contribution in [2.24, 2.45) is 5.92 Å². The highest BCUT2D eigenvalue weighted by Crippen LogP contribution is 2.33. The molecule has 7 nitrogen and oxygen atoms in total. The number of nitrogens with one attached hydrogen (secondary N) is 2. The van der Waals surface area contributed by atoms with Gasteiger partial charge in [-0.15, -0.1) is 22.7 Å². The average molecular weight is 467 g/mol. The number of fused-ring (bicyclic) bond motifs is 1. The van der Waals surface area contributed by atoms with E-state index in [9.17, 15) is 14.4 Å². The maximum absolute atomic E-state index is 13.1. The van der Waals surface area contributed by atoms with Crippen LogP contribution in [0.15, 0.2) is 52.2 Å². The molecule has 0 bridgehead atoms. The Labute approximate surface area is 192 Å². The van der Waals surface area contributed by atoms with Crippen molar-refractivity contribution in [1.82, 2.24) is 9.55 Å². The predicted octanol–water partition coefficient (Wildman–Crippen LogP) is 4.73. The number of aromatic nitrogens is 2. The molecule has 0 fully saturated rings. The Balaban J connectivity index is 1.56. The first-order chi connectivity index (χ1) is 15.3. The lowest BCUT2D eigenvalue weighted by molar-refractivity contribution is -0.119. The summed E-state index contributed by atoms with van der Waals surface area (Å²) in [5, 5.41) is 10.1. The standard InChI is InChI=1S/C23H22N4O3S2/c1-13(2)21(29)25-15-7-6-14(3)17(9-15)26-19(28)10-27-12-24-22-20(23(27)30)16(11-32-22)18-5-4-8-31-18/h4-9,11-13H,10H2,1-3H3,(H,25,29)(H,26,28). The zero-order valence-corrected chi connectivity index (χ0v) is 19.5. The number of hydrogen-bond acceptors (Lipinski definition) is 6. The number of thiophene rings is 2. The van der Waals surface area contributed by atoms with Gasteiger partial charge in [0.15, 0.2) is 0 Å². The molecule has 3 heterocycles. The lowest BCUT2D eigenvalue weighted by Crippen LogP contribution is -2.28. The highest BCUT2D eigenvalue weighted by Gasteiger charge is 2.16. The Bertz CT molecular complexity index is 1350. The van der Waals surface area contributed by atoms with Crippen LogP contribution in [0.1, 0.15) is 19.4 Å². The molecule has 4 aromatic rings. The first kappa shape index (κ1) is 21.9. The zero-order chi connectivity index (χ0) is 22.8. The van der Waals surface area contributed by atoms with Crippen LogP contribution >= 0.6 is 22.7 Å². The number of aryl methyl sites for hydroxylation is 1. The molecule has 0 aliphatic rings. The van der Waals surface area contributed by atoms with Gasteiger partial charge in [0.05, 0.1) is 11.7 Å². The van der Waals surface area contributed by atoms with Gasteiger partial charge < -0.3 is 10.6 Å². The first-order valence-corrected chi connectivity index (χ1v) is 11.8. The predicted molar refractivity (Wildman–Crippen MR) is 130 cm³/mol. The van der Waals surface area contributed by atoms with Gasteiger partial charge in [0.1, 0.15) is 11.4 Å². The summed E-state index contributed by atoms with van der Waals surface area (Å²) in [4.78, 5) is 43.8. The van der Waals surface area contributed by atoms with Crippen LogP contribution < -0.4 is 16.2 Å². The van der Waals surface area contributed by atoms with E-state index in [1.165, 1.54) is 22.2 Å². The number of amides is 2. The van der Waals surface area contributed by atoms with Gasteiger partial charge in [-0.25, -0.2) is 4.98 Å².